The van der Waals surface area contributed by atoms with E-state index in [9.17, 15) is 63.9 Å². The predicted molar refractivity (Wildman–Crippen MR) is 240 cm³/mol. The Hall–Kier alpha value is -5.81. The van der Waals surface area contributed by atoms with E-state index in [2.05, 4.69) is 26.3 Å². The molecule has 5 heterocycles. The highest BCUT2D eigenvalue weighted by Gasteiger charge is 2.60. The number of fused-ring (bicyclic) bond motifs is 1. The molecule has 0 radical (unpaired) electrons. The number of aliphatic hydroxyl groups is 1. The van der Waals surface area contributed by atoms with Crippen molar-refractivity contribution in [2.45, 2.75) is 92.7 Å². The molecule has 9 N–H and O–H groups in total. The topological polar surface area (TPSA) is 311 Å². The molecule has 66 heavy (non-hydrogen) atoms. The molecule has 7 rings (SSSR count). The molecule has 0 aliphatic carbocycles. The van der Waals surface area contributed by atoms with Gasteiger partial charge in [-0.05, 0) is 69.0 Å². The van der Waals surface area contributed by atoms with Crippen LogP contribution in [0.25, 0.3) is 0 Å². The third-order valence-electron chi connectivity index (χ3n) is 12.7. The first-order valence-corrected chi connectivity index (χ1v) is 23.1. The summed E-state index contributed by atoms with van der Waals surface area (Å²) in [6, 6.07) is 8.73. The fraction of sp³-hybridized carbons (Fsp3) is 0.477. The molecule has 22 heteroatoms. The molecule has 0 aromatic heterocycles. The van der Waals surface area contributed by atoms with Crippen LogP contribution in [0.15, 0.2) is 64.1 Å². The standard InChI is InChI=1S/C44H50N6O14S2/c1-17-31(49-32(42(59)60)35(17)65-25-13-27(45-15-25)37(52)47-23-9-5-7-21(11-23)40(55)56)30(41(57)58)20(4)64-44(63)22-8-6-10-24(12-22)48-38(53)28-14-26(16-46-28)66-36-18(2)33-29(19(3)51)39(54)50(33)34(36)43(61)62/h5-12,17-20,25-31,33,35,45-46,51H,13-16H2,1-4H3,(H,47,52)(H,48,53)(H,55,56)(H,57,58)(H,59,60)(H,61,62)/t17-,18+,19+,20+,25-,26-,27-,28-,29+,30+,31-,33+,35-/m0/s1. The lowest BCUT2D eigenvalue weighted by Crippen LogP contribution is -2.63. The molecule has 0 unspecified atom stereocenters. The van der Waals surface area contributed by atoms with E-state index in [0.29, 0.717) is 36.5 Å². The second-order valence-electron chi connectivity index (χ2n) is 17.2. The quantitative estimate of drug-likeness (QED) is 0.0811. The van der Waals surface area contributed by atoms with Gasteiger partial charge in [0.1, 0.15) is 23.4 Å². The van der Waals surface area contributed by atoms with Gasteiger partial charge in [-0.25, -0.2) is 19.2 Å². The molecule has 3 fully saturated rings. The van der Waals surface area contributed by atoms with Gasteiger partial charge in [0.05, 0.1) is 52.6 Å². The Morgan fingerprint density at radius 1 is 0.818 bits per heavy atom. The van der Waals surface area contributed by atoms with E-state index in [1.165, 1.54) is 78.7 Å². The number of carbonyl (C=O) groups excluding carboxylic acids is 4. The molecule has 0 bridgehead atoms. The molecule has 2 aromatic carbocycles. The second-order valence-corrected chi connectivity index (χ2v) is 20.0. The van der Waals surface area contributed by atoms with Gasteiger partial charge >= 0.3 is 29.8 Å². The van der Waals surface area contributed by atoms with Crippen molar-refractivity contribution < 1.29 is 68.6 Å². The van der Waals surface area contributed by atoms with E-state index in [1.807, 2.05) is 6.92 Å². The van der Waals surface area contributed by atoms with Crippen molar-refractivity contribution in [2.24, 2.45) is 28.7 Å². The number of benzene rings is 2. The summed E-state index contributed by atoms with van der Waals surface area (Å²) < 4.78 is 5.67. The molecule has 2 aromatic rings. The van der Waals surface area contributed by atoms with Gasteiger partial charge in [-0.2, -0.15) is 0 Å². The number of β-lactam (4-membered cyclic amide) rings is 1. The lowest BCUT2D eigenvalue weighted by molar-refractivity contribution is -0.163. The third-order valence-corrected chi connectivity index (χ3v) is 15.9. The van der Waals surface area contributed by atoms with E-state index in [0.717, 1.165) is 0 Å². The van der Waals surface area contributed by atoms with Crippen molar-refractivity contribution in [1.82, 2.24) is 15.5 Å². The van der Waals surface area contributed by atoms with Gasteiger partial charge in [-0.3, -0.25) is 24.2 Å². The Balaban J connectivity index is 0.939. The summed E-state index contributed by atoms with van der Waals surface area (Å²) in [4.78, 5) is 108. The summed E-state index contributed by atoms with van der Waals surface area (Å²) in [5.41, 5.74) is 0.209. The van der Waals surface area contributed by atoms with Crippen LogP contribution in [0.2, 0.25) is 0 Å². The van der Waals surface area contributed by atoms with Crippen LogP contribution in [0, 0.1) is 23.7 Å². The number of hydrogen-bond acceptors (Lipinski definition) is 15. The number of aliphatic carboxylic acids is 3. The monoisotopic (exact) mass is 950 g/mol. The zero-order valence-electron chi connectivity index (χ0n) is 36.1. The molecular weight excluding hydrogens is 901 g/mol. The summed E-state index contributed by atoms with van der Waals surface area (Å²) >= 11 is 2.56. The zero-order valence-corrected chi connectivity index (χ0v) is 37.7. The smallest absolute Gasteiger partial charge is 0.353 e. The minimum absolute atomic E-state index is 0.000756. The number of aromatic carboxylic acids is 1. The number of rotatable bonds is 17. The molecule has 3 amide bonds. The molecule has 20 nitrogen and oxygen atoms in total. The first-order valence-electron chi connectivity index (χ1n) is 21.3. The van der Waals surface area contributed by atoms with Crippen LogP contribution in [0.4, 0.5) is 11.4 Å². The first kappa shape index (κ1) is 48.1. The Labute approximate surface area is 386 Å². The number of nitrogens with zero attached hydrogens (tertiary/aromatic N) is 2. The number of thioether (sulfide) groups is 2. The van der Waals surface area contributed by atoms with Gasteiger partial charge in [0.25, 0.3) is 0 Å². The maximum atomic E-state index is 13.5. The lowest BCUT2D eigenvalue weighted by Gasteiger charge is -2.46. The van der Waals surface area contributed by atoms with Crippen molar-refractivity contribution >= 4 is 88.2 Å². The summed E-state index contributed by atoms with van der Waals surface area (Å²) in [5, 5.41) is 60.5. The van der Waals surface area contributed by atoms with E-state index >= 15 is 0 Å². The molecule has 0 spiro atoms. The Kier molecular flexibility index (Phi) is 14.3. The number of aliphatic hydroxyl groups excluding tert-OH is 1. The van der Waals surface area contributed by atoms with Gasteiger partial charge in [0.15, 0.2) is 0 Å². The minimum atomic E-state index is -1.45. The highest BCUT2D eigenvalue weighted by molar-refractivity contribution is 8.03. The SMILES string of the molecule is C[C@H]1[C@@H]([C@H](C(=O)O)[C@@H](C)OC(=O)c2cccc(NC(=O)[C@@H]3C[C@H](SC4=C(C(=O)O)N5C(=O)[C@H]([C@@H](C)O)[C@H]5[C@H]4C)CN3)c2)N=C(C(=O)O)[C@H]1S[C@@H]1CN[C@H](C(=O)Nc2cccc(C(=O)O)c2)C1. The molecule has 352 valence electrons. The Morgan fingerprint density at radius 3 is 1.95 bits per heavy atom. The molecule has 5 aliphatic rings. The van der Waals surface area contributed by atoms with E-state index in [1.54, 1.807) is 19.1 Å². The van der Waals surface area contributed by atoms with Crippen molar-refractivity contribution in [2.75, 3.05) is 23.7 Å². The van der Waals surface area contributed by atoms with Gasteiger partial charge in [-0.15, -0.1) is 23.5 Å². The highest BCUT2D eigenvalue weighted by Crippen LogP contribution is 2.52. The van der Waals surface area contributed by atoms with Crippen LogP contribution in [0.3, 0.4) is 0 Å². The molecule has 3 saturated heterocycles. The fourth-order valence-corrected chi connectivity index (χ4v) is 12.6. The number of nitrogens with one attached hydrogen (secondary N) is 4. The predicted octanol–water partition coefficient (Wildman–Crippen LogP) is 2.20. The van der Waals surface area contributed by atoms with Gasteiger partial charge in [0, 0.05) is 45.8 Å². The number of carboxylic acids is 4. The zero-order chi connectivity index (χ0) is 47.9. The van der Waals surface area contributed by atoms with Gasteiger partial charge in [0.2, 0.25) is 17.7 Å². The average molecular weight is 951 g/mol. The van der Waals surface area contributed by atoms with Crippen LogP contribution >= 0.6 is 23.5 Å². The van der Waals surface area contributed by atoms with E-state index in [-0.39, 0.29) is 44.6 Å². The number of ether oxygens (including phenoxy) is 1. The minimum Gasteiger partial charge on any atom is -0.481 e. The van der Waals surface area contributed by atoms with Crippen molar-refractivity contribution in [3.05, 3.63) is 70.3 Å². The van der Waals surface area contributed by atoms with Crippen molar-refractivity contribution in [3.8, 4) is 0 Å². The molecular formula is C44H50N6O14S2. The van der Waals surface area contributed by atoms with Gasteiger partial charge in [-0.1, -0.05) is 26.0 Å². The van der Waals surface area contributed by atoms with E-state index < -0.39 is 107 Å². The Bertz CT molecular complexity index is 2410. The summed E-state index contributed by atoms with van der Waals surface area (Å²) in [6.07, 6.45) is -1.60. The first-order chi connectivity index (χ1) is 31.2. The number of carboxylic acid groups (broad SMARTS) is 4. The van der Waals surface area contributed by atoms with E-state index in [4.69, 9.17) is 4.74 Å². The fourth-order valence-electron chi connectivity index (χ4n) is 9.46. The summed E-state index contributed by atoms with van der Waals surface area (Å²) in [7, 11) is 0. The number of anilines is 2. The average Bonchev–Trinajstić information content (AvgIpc) is 4.04. The Morgan fingerprint density at radius 2 is 1.39 bits per heavy atom. The number of amides is 3. The normalized spacial score (nSPS) is 29.3. The maximum absolute atomic E-state index is 13.5. The van der Waals surface area contributed by atoms with Crippen molar-refractivity contribution in [3.63, 3.8) is 0 Å². The largest absolute Gasteiger partial charge is 0.481 e. The van der Waals surface area contributed by atoms with Crippen LogP contribution in [-0.4, -0.2) is 149 Å². The summed E-state index contributed by atoms with van der Waals surface area (Å²) in [6.45, 7) is 7.08. The second kappa shape index (κ2) is 19.6. The van der Waals surface area contributed by atoms with Crippen LogP contribution in [0.5, 0.6) is 0 Å². The number of hydrogen-bond donors (Lipinski definition) is 9. The molecule has 5 aliphatic heterocycles. The third kappa shape index (κ3) is 9.68. The van der Waals surface area contributed by atoms with Crippen LogP contribution in [-0.2, 0) is 33.5 Å². The molecule has 0 saturated carbocycles. The van der Waals surface area contributed by atoms with Crippen molar-refractivity contribution in [1.29, 1.82) is 0 Å². The van der Waals surface area contributed by atoms with Crippen LogP contribution in [0.1, 0.15) is 61.3 Å². The van der Waals surface area contributed by atoms with Crippen LogP contribution < -0.4 is 21.3 Å². The number of carbonyl (C=O) groups is 8. The molecule has 13 atom stereocenters. The summed E-state index contributed by atoms with van der Waals surface area (Å²) in [5.74, 6) is -10.4. The number of esters is 1. The van der Waals surface area contributed by atoms with Gasteiger partial charge < -0.3 is 56.4 Å². The lowest BCUT2D eigenvalue weighted by atomic mass is 9.79. The highest BCUT2D eigenvalue weighted by atomic mass is 32.2. The maximum Gasteiger partial charge on any atom is 0.353 e. The number of aliphatic imine (C=N–C) groups is 1.